The van der Waals surface area contributed by atoms with Gasteiger partial charge >= 0.3 is 5.97 Å². The van der Waals surface area contributed by atoms with Crippen LogP contribution in [0, 0.1) is 11.3 Å². The minimum Gasteiger partial charge on any atom is -0.506 e. The van der Waals surface area contributed by atoms with Crippen LogP contribution in [0.25, 0.3) is 16.7 Å². The molecule has 10 heteroatoms. The van der Waals surface area contributed by atoms with Crippen molar-refractivity contribution in [3.8, 4) is 0 Å². The van der Waals surface area contributed by atoms with Crippen molar-refractivity contribution in [1.82, 2.24) is 15.0 Å². The zero-order valence-corrected chi connectivity index (χ0v) is 22.5. The van der Waals surface area contributed by atoms with Gasteiger partial charge in [0.2, 0.25) is 0 Å². The summed E-state index contributed by atoms with van der Waals surface area (Å²) in [6.45, 7) is 8.87. The maximum absolute atomic E-state index is 12.2. The molecular formula is C28H39N3O7. The Morgan fingerprint density at radius 1 is 1.00 bits per heavy atom. The van der Waals surface area contributed by atoms with Gasteiger partial charge in [-0.3, -0.25) is 0 Å². The normalized spacial score (nSPS) is 16.4. The Bertz CT molecular complexity index is 1100. The third kappa shape index (κ3) is 9.05. The SMILES string of the molecule is CC(C)(C)C1=CC(C=CC(=O)OCCOCCOCCOCCCO)CC(n2nc3ccccc3n2)=C1O. The maximum Gasteiger partial charge on any atom is 0.330 e. The summed E-state index contributed by atoms with van der Waals surface area (Å²) >= 11 is 0. The molecule has 2 aromatic rings. The zero-order valence-electron chi connectivity index (χ0n) is 22.5. The van der Waals surface area contributed by atoms with E-state index in [4.69, 9.17) is 24.1 Å². The van der Waals surface area contributed by atoms with Crippen LogP contribution in [0.4, 0.5) is 0 Å². The molecule has 1 aliphatic rings. The van der Waals surface area contributed by atoms with Crippen molar-refractivity contribution in [2.45, 2.75) is 33.6 Å². The van der Waals surface area contributed by atoms with Gasteiger partial charge < -0.3 is 29.2 Å². The number of hydrogen-bond acceptors (Lipinski definition) is 9. The molecule has 0 amide bonds. The van der Waals surface area contributed by atoms with Crippen molar-refractivity contribution in [1.29, 1.82) is 0 Å². The third-order valence-electron chi connectivity index (χ3n) is 5.82. The van der Waals surface area contributed by atoms with E-state index in [9.17, 15) is 9.90 Å². The molecule has 208 valence electrons. The number of carbonyl (C=O) groups is 1. The summed E-state index contributed by atoms with van der Waals surface area (Å²) in [5.41, 5.74) is 2.53. The van der Waals surface area contributed by atoms with E-state index in [0.717, 1.165) is 16.6 Å². The molecule has 0 saturated heterocycles. The second kappa shape index (κ2) is 14.8. The summed E-state index contributed by atoms with van der Waals surface area (Å²) in [6.07, 6.45) is 6.22. The van der Waals surface area contributed by atoms with Gasteiger partial charge in [-0.05, 0) is 29.5 Å². The molecule has 0 bridgehead atoms. The predicted octanol–water partition coefficient (Wildman–Crippen LogP) is 3.68. The van der Waals surface area contributed by atoms with Crippen LogP contribution in [0.2, 0.25) is 0 Å². The molecule has 1 aliphatic carbocycles. The van der Waals surface area contributed by atoms with Crippen LogP contribution in [0.3, 0.4) is 0 Å². The van der Waals surface area contributed by atoms with E-state index >= 15 is 0 Å². The smallest absolute Gasteiger partial charge is 0.330 e. The van der Waals surface area contributed by atoms with E-state index in [0.29, 0.717) is 51.6 Å². The summed E-state index contributed by atoms with van der Waals surface area (Å²) in [6, 6.07) is 7.54. The average molecular weight is 530 g/mol. The van der Waals surface area contributed by atoms with E-state index in [2.05, 4.69) is 10.2 Å². The van der Waals surface area contributed by atoms with E-state index in [1.165, 1.54) is 10.9 Å². The average Bonchev–Trinajstić information content (AvgIpc) is 3.32. The number of ether oxygens (including phenoxy) is 4. The second-order valence-electron chi connectivity index (χ2n) is 9.91. The Balaban J connectivity index is 1.46. The Morgan fingerprint density at radius 3 is 2.16 bits per heavy atom. The quantitative estimate of drug-likeness (QED) is 0.202. The number of aliphatic hydroxyl groups excluding tert-OH is 2. The number of allylic oxidation sites excluding steroid dienone is 4. The highest BCUT2D eigenvalue weighted by atomic mass is 16.6. The topological polar surface area (TPSA) is 125 Å². The summed E-state index contributed by atoms with van der Waals surface area (Å²) in [7, 11) is 0. The number of carbonyl (C=O) groups excluding carboxylic acids is 1. The van der Waals surface area contributed by atoms with Crippen LogP contribution in [-0.4, -0.2) is 84.0 Å². The first-order valence-corrected chi connectivity index (χ1v) is 13.0. The molecule has 0 radical (unpaired) electrons. The van der Waals surface area contributed by atoms with Crippen molar-refractivity contribution < 1.29 is 34.0 Å². The number of hydrogen-bond donors (Lipinski definition) is 2. The summed E-state index contributed by atoms with van der Waals surface area (Å²) in [5.74, 6) is -0.433. The van der Waals surface area contributed by atoms with E-state index < -0.39 is 5.97 Å². The molecule has 2 N–H and O–H groups in total. The first kappa shape index (κ1) is 29.5. The van der Waals surface area contributed by atoms with Gasteiger partial charge in [-0.1, -0.05) is 45.1 Å². The molecular weight excluding hydrogens is 490 g/mol. The van der Waals surface area contributed by atoms with E-state index in [-0.39, 0.29) is 36.9 Å². The molecule has 0 spiro atoms. The maximum atomic E-state index is 12.2. The third-order valence-corrected chi connectivity index (χ3v) is 5.82. The number of fused-ring (bicyclic) bond motifs is 1. The monoisotopic (exact) mass is 529 g/mol. The lowest BCUT2D eigenvalue weighted by atomic mass is 9.78. The molecule has 1 unspecified atom stereocenters. The van der Waals surface area contributed by atoms with Crippen molar-refractivity contribution in [2.75, 3.05) is 52.9 Å². The highest BCUT2D eigenvalue weighted by Gasteiger charge is 2.30. The summed E-state index contributed by atoms with van der Waals surface area (Å²) in [5, 5.41) is 28.8. The van der Waals surface area contributed by atoms with Gasteiger partial charge in [0.15, 0.2) is 0 Å². The summed E-state index contributed by atoms with van der Waals surface area (Å²) < 4.78 is 21.3. The molecule has 0 aliphatic heterocycles. The molecule has 1 atom stereocenters. The predicted molar refractivity (Wildman–Crippen MR) is 143 cm³/mol. The summed E-state index contributed by atoms with van der Waals surface area (Å²) in [4.78, 5) is 13.7. The van der Waals surface area contributed by atoms with Crippen molar-refractivity contribution in [3.05, 3.63) is 53.8 Å². The number of aromatic nitrogens is 3. The van der Waals surface area contributed by atoms with Crippen LogP contribution in [0.1, 0.15) is 33.6 Å². The molecule has 0 fully saturated rings. The van der Waals surface area contributed by atoms with Gasteiger partial charge in [0, 0.05) is 31.6 Å². The lowest BCUT2D eigenvalue weighted by Crippen LogP contribution is -2.21. The highest BCUT2D eigenvalue weighted by molar-refractivity contribution is 5.82. The zero-order chi connectivity index (χ0) is 27.4. The largest absolute Gasteiger partial charge is 0.506 e. The Hall–Kier alpha value is -3.05. The lowest BCUT2D eigenvalue weighted by molar-refractivity contribution is -0.139. The molecule has 1 aromatic heterocycles. The Kier molecular flexibility index (Phi) is 11.5. The van der Waals surface area contributed by atoms with Gasteiger partial charge in [0.05, 0.1) is 33.0 Å². The van der Waals surface area contributed by atoms with E-state index in [1.54, 1.807) is 6.08 Å². The number of benzene rings is 1. The van der Waals surface area contributed by atoms with Gasteiger partial charge in [0.25, 0.3) is 0 Å². The van der Waals surface area contributed by atoms with Crippen LogP contribution < -0.4 is 0 Å². The first-order valence-electron chi connectivity index (χ1n) is 13.0. The fourth-order valence-corrected chi connectivity index (χ4v) is 3.87. The first-order chi connectivity index (χ1) is 18.3. The minimum absolute atomic E-state index is 0.120. The molecule has 1 aromatic carbocycles. The molecule has 0 saturated carbocycles. The van der Waals surface area contributed by atoms with Crippen LogP contribution >= 0.6 is 0 Å². The lowest BCUT2D eigenvalue weighted by Gasteiger charge is -2.29. The highest BCUT2D eigenvalue weighted by Crippen LogP contribution is 2.39. The number of esters is 1. The van der Waals surface area contributed by atoms with Crippen molar-refractivity contribution >= 4 is 22.7 Å². The number of nitrogens with zero attached hydrogens (tertiary/aromatic N) is 3. The van der Waals surface area contributed by atoms with Crippen LogP contribution in [0.5, 0.6) is 0 Å². The molecule has 10 nitrogen and oxygen atoms in total. The van der Waals surface area contributed by atoms with Gasteiger partial charge in [0.1, 0.15) is 29.1 Å². The molecule has 1 heterocycles. The second-order valence-corrected chi connectivity index (χ2v) is 9.91. The Morgan fingerprint density at radius 2 is 1.58 bits per heavy atom. The van der Waals surface area contributed by atoms with Crippen LogP contribution in [0.15, 0.2) is 53.8 Å². The van der Waals surface area contributed by atoms with E-state index in [1.807, 2.05) is 51.1 Å². The fraction of sp³-hybridized carbons (Fsp3) is 0.536. The molecule has 38 heavy (non-hydrogen) atoms. The van der Waals surface area contributed by atoms with Gasteiger partial charge in [-0.25, -0.2) is 4.79 Å². The van der Waals surface area contributed by atoms with Crippen LogP contribution in [-0.2, 0) is 23.7 Å². The van der Waals surface area contributed by atoms with Crippen molar-refractivity contribution in [3.63, 3.8) is 0 Å². The Labute approximate surface area is 223 Å². The number of rotatable bonds is 15. The molecule has 3 rings (SSSR count). The van der Waals surface area contributed by atoms with Gasteiger partial charge in [-0.15, -0.1) is 10.2 Å². The van der Waals surface area contributed by atoms with Gasteiger partial charge in [-0.2, -0.15) is 4.80 Å². The standard InChI is InChI=1S/C28H39N3O7/c1-28(2,3)22-19-21(20-25(27(22)34)31-29-23-7-4-5-8-24(23)30-31)9-10-26(33)38-18-17-37-16-15-36-14-13-35-12-6-11-32/h4-5,7-10,19,21,32,34H,6,11-18,20H2,1-3H3. The minimum atomic E-state index is -0.459. The van der Waals surface area contributed by atoms with Crippen molar-refractivity contribution in [2.24, 2.45) is 11.3 Å². The fourth-order valence-electron chi connectivity index (χ4n) is 3.87. The number of aliphatic hydroxyl groups is 2.